The smallest absolute Gasteiger partial charge is 0.326 e. The topological polar surface area (TPSA) is 107 Å². The third-order valence-electron chi connectivity index (χ3n) is 2.15. The molecule has 1 atom stereocenters. The van der Waals surface area contributed by atoms with Crippen molar-refractivity contribution in [1.82, 2.24) is 10.2 Å². The molecule has 0 aliphatic rings. The van der Waals surface area contributed by atoms with Crippen LogP contribution >= 0.6 is 0 Å². The highest BCUT2D eigenvalue weighted by Crippen LogP contribution is 1.99. The number of nitrogens with one attached hydrogen (secondary N) is 1. The first-order valence-corrected chi connectivity index (χ1v) is 5.34. The second-order valence-electron chi connectivity index (χ2n) is 3.69. The van der Waals surface area contributed by atoms with Crippen molar-refractivity contribution in [2.75, 3.05) is 13.6 Å². The number of carbonyl (C=O) groups is 3. The average molecular weight is 246 g/mol. The largest absolute Gasteiger partial charge is 0.481 e. The van der Waals surface area contributed by atoms with Crippen LogP contribution in [-0.2, 0) is 9.59 Å². The highest BCUT2D eigenvalue weighted by atomic mass is 16.4. The van der Waals surface area contributed by atoms with Crippen LogP contribution in [0.2, 0.25) is 0 Å². The zero-order chi connectivity index (χ0) is 13.4. The number of nitrogens with zero attached hydrogens (tertiary/aromatic N) is 1. The van der Waals surface area contributed by atoms with Gasteiger partial charge < -0.3 is 20.4 Å². The van der Waals surface area contributed by atoms with Crippen LogP contribution in [0.4, 0.5) is 4.79 Å². The van der Waals surface area contributed by atoms with E-state index >= 15 is 0 Å². The number of rotatable bonds is 7. The highest BCUT2D eigenvalue weighted by Gasteiger charge is 2.22. The molecule has 0 heterocycles. The van der Waals surface area contributed by atoms with Crippen molar-refractivity contribution >= 4 is 18.0 Å². The van der Waals surface area contributed by atoms with Crippen molar-refractivity contribution in [3.63, 3.8) is 0 Å². The van der Waals surface area contributed by atoms with E-state index in [2.05, 4.69) is 5.32 Å². The van der Waals surface area contributed by atoms with Crippen LogP contribution in [0.25, 0.3) is 0 Å². The molecule has 3 N–H and O–H groups in total. The molecule has 0 saturated carbocycles. The van der Waals surface area contributed by atoms with Crippen molar-refractivity contribution in [1.29, 1.82) is 0 Å². The van der Waals surface area contributed by atoms with Crippen molar-refractivity contribution in [3.8, 4) is 0 Å². The molecule has 0 aliphatic heterocycles. The van der Waals surface area contributed by atoms with Crippen molar-refractivity contribution in [3.05, 3.63) is 0 Å². The Balaban J connectivity index is 4.29. The molecule has 0 fully saturated rings. The van der Waals surface area contributed by atoms with Crippen molar-refractivity contribution in [2.45, 2.75) is 32.2 Å². The quantitative estimate of drug-likeness (QED) is 0.601. The van der Waals surface area contributed by atoms with Gasteiger partial charge in [-0.1, -0.05) is 6.92 Å². The first kappa shape index (κ1) is 15.2. The molecular weight excluding hydrogens is 228 g/mol. The van der Waals surface area contributed by atoms with Gasteiger partial charge in [-0.15, -0.1) is 0 Å². The number of carboxylic acid groups (broad SMARTS) is 2. The molecule has 17 heavy (non-hydrogen) atoms. The number of urea groups is 1. The van der Waals surface area contributed by atoms with Crippen LogP contribution in [0.3, 0.4) is 0 Å². The van der Waals surface area contributed by atoms with E-state index in [1.165, 1.54) is 4.90 Å². The van der Waals surface area contributed by atoms with Gasteiger partial charge in [-0.25, -0.2) is 9.59 Å². The van der Waals surface area contributed by atoms with E-state index in [-0.39, 0.29) is 12.8 Å². The van der Waals surface area contributed by atoms with E-state index in [1.807, 2.05) is 6.92 Å². The van der Waals surface area contributed by atoms with Gasteiger partial charge in [-0.2, -0.15) is 0 Å². The molecular formula is C10H18N2O5. The van der Waals surface area contributed by atoms with Gasteiger partial charge in [-0.3, -0.25) is 4.79 Å². The van der Waals surface area contributed by atoms with E-state index in [1.54, 1.807) is 7.05 Å². The Labute approximate surface area is 99.4 Å². The minimum atomic E-state index is -1.23. The molecule has 7 heteroatoms. The third-order valence-corrected chi connectivity index (χ3v) is 2.15. The summed E-state index contributed by atoms with van der Waals surface area (Å²) < 4.78 is 0. The molecule has 0 aromatic rings. The molecule has 2 amide bonds. The normalized spacial score (nSPS) is 11.6. The first-order chi connectivity index (χ1) is 7.88. The van der Waals surface area contributed by atoms with Gasteiger partial charge in [0.05, 0.1) is 0 Å². The molecule has 1 unspecified atom stereocenters. The minimum absolute atomic E-state index is 0.129. The van der Waals surface area contributed by atoms with Gasteiger partial charge in [0.1, 0.15) is 6.04 Å². The Morgan fingerprint density at radius 1 is 1.29 bits per heavy atom. The van der Waals surface area contributed by atoms with E-state index in [4.69, 9.17) is 10.2 Å². The lowest BCUT2D eigenvalue weighted by Gasteiger charge is -2.20. The molecule has 0 spiro atoms. The summed E-state index contributed by atoms with van der Waals surface area (Å²) in [4.78, 5) is 34.0. The second-order valence-corrected chi connectivity index (χ2v) is 3.69. The van der Waals surface area contributed by atoms with Crippen LogP contribution in [0.1, 0.15) is 26.2 Å². The minimum Gasteiger partial charge on any atom is -0.481 e. The summed E-state index contributed by atoms with van der Waals surface area (Å²) >= 11 is 0. The maximum absolute atomic E-state index is 11.5. The fourth-order valence-corrected chi connectivity index (χ4v) is 1.22. The molecule has 0 radical (unpaired) electrons. The molecule has 0 saturated heterocycles. The Morgan fingerprint density at radius 2 is 1.88 bits per heavy atom. The SMILES string of the molecule is CCCN(C)C(=O)NC(CCC(=O)O)C(=O)O. The lowest BCUT2D eigenvalue weighted by molar-refractivity contribution is -0.140. The Hall–Kier alpha value is -1.79. The fourth-order valence-electron chi connectivity index (χ4n) is 1.22. The van der Waals surface area contributed by atoms with Gasteiger partial charge in [0.25, 0.3) is 0 Å². The van der Waals surface area contributed by atoms with E-state index < -0.39 is 24.0 Å². The predicted octanol–water partition coefficient (Wildman–Crippen LogP) is 0.356. The average Bonchev–Trinajstić information content (AvgIpc) is 2.23. The number of carboxylic acids is 2. The van der Waals surface area contributed by atoms with Crippen molar-refractivity contribution < 1.29 is 24.6 Å². The number of aliphatic carboxylic acids is 2. The van der Waals surface area contributed by atoms with Gasteiger partial charge in [0.15, 0.2) is 0 Å². The van der Waals surface area contributed by atoms with Gasteiger partial charge in [0.2, 0.25) is 0 Å². The second kappa shape index (κ2) is 7.48. The Kier molecular flexibility index (Phi) is 6.69. The van der Waals surface area contributed by atoms with Gasteiger partial charge in [0, 0.05) is 20.0 Å². The monoisotopic (exact) mass is 246 g/mol. The summed E-state index contributed by atoms with van der Waals surface area (Å²) in [5, 5.41) is 19.6. The van der Waals surface area contributed by atoms with Crippen LogP contribution in [0, 0.1) is 0 Å². The van der Waals surface area contributed by atoms with Crippen LogP contribution in [-0.4, -0.2) is 52.7 Å². The summed E-state index contributed by atoms with van der Waals surface area (Å²) in [6, 6.07) is -1.68. The summed E-state index contributed by atoms with van der Waals surface area (Å²) in [7, 11) is 1.55. The summed E-state index contributed by atoms with van der Waals surface area (Å²) in [5.74, 6) is -2.32. The Morgan fingerprint density at radius 3 is 2.29 bits per heavy atom. The molecule has 0 bridgehead atoms. The van der Waals surface area contributed by atoms with Crippen LogP contribution < -0.4 is 5.32 Å². The van der Waals surface area contributed by atoms with E-state index in [0.717, 1.165) is 6.42 Å². The molecule has 98 valence electrons. The number of hydrogen-bond acceptors (Lipinski definition) is 3. The number of hydrogen-bond donors (Lipinski definition) is 3. The lowest BCUT2D eigenvalue weighted by Crippen LogP contribution is -2.47. The standard InChI is InChI=1S/C10H18N2O5/c1-3-6-12(2)10(17)11-7(9(15)16)4-5-8(13)14/h7H,3-6H2,1-2H3,(H,11,17)(H,13,14)(H,15,16). The Bertz CT molecular complexity index is 292. The molecule has 0 aliphatic carbocycles. The number of carbonyl (C=O) groups excluding carboxylic acids is 1. The van der Waals surface area contributed by atoms with E-state index in [9.17, 15) is 14.4 Å². The summed E-state index contributed by atoms with van der Waals surface area (Å²) in [6.07, 6.45) is 0.335. The molecule has 0 aromatic carbocycles. The third kappa shape index (κ3) is 6.39. The first-order valence-electron chi connectivity index (χ1n) is 5.34. The maximum Gasteiger partial charge on any atom is 0.326 e. The fraction of sp³-hybridized carbons (Fsp3) is 0.700. The zero-order valence-corrected chi connectivity index (χ0v) is 9.97. The molecule has 0 rings (SSSR count). The van der Waals surface area contributed by atoms with Crippen LogP contribution in [0.5, 0.6) is 0 Å². The molecule has 7 nitrogen and oxygen atoms in total. The maximum atomic E-state index is 11.5. The highest BCUT2D eigenvalue weighted by molar-refractivity contribution is 5.82. The number of amides is 2. The van der Waals surface area contributed by atoms with Crippen LogP contribution in [0.15, 0.2) is 0 Å². The zero-order valence-electron chi connectivity index (χ0n) is 9.97. The molecule has 0 aromatic heterocycles. The summed E-state index contributed by atoms with van der Waals surface area (Å²) in [6.45, 7) is 2.40. The van der Waals surface area contributed by atoms with Gasteiger partial charge in [-0.05, 0) is 12.8 Å². The summed E-state index contributed by atoms with van der Waals surface area (Å²) in [5.41, 5.74) is 0. The lowest BCUT2D eigenvalue weighted by atomic mass is 10.1. The van der Waals surface area contributed by atoms with E-state index in [0.29, 0.717) is 6.54 Å². The predicted molar refractivity (Wildman–Crippen MR) is 59.7 cm³/mol. The van der Waals surface area contributed by atoms with Crippen molar-refractivity contribution in [2.24, 2.45) is 0 Å². The van der Waals surface area contributed by atoms with Gasteiger partial charge >= 0.3 is 18.0 Å².